The van der Waals surface area contributed by atoms with Gasteiger partial charge >= 0.3 is 0 Å². The van der Waals surface area contributed by atoms with Crippen LogP contribution in [-0.2, 0) is 22.2 Å². The second kappa shape index (κ2) is 13.5. The van der Waals surface area contributed by atoms with Gasteiger partial charge in [0.05, 0.1) is 6.67 Å². The number of hydrogen-bond donors (Lipinski definition) is 0. The Morgan fingerprint density at radius 3 is 0.979 bits per heavy atom. The molecule has 4 nitrogen and oxygen atoms in total. The molecule has 232 valence electrons. The summed E-state index contributed by atoms with van der Waals surface area (Å²) in [5.41, 5.74) is 2.07. The van der Waals surface area contributed by atoms with Gasteiger partial charge in [-0.05, 0) is 11.1 Å². The number of hydrogen-bond acceptors (Lipinski definition) is 4. The molecule has 0 aliphatic carbocycles. The quantitative estimate of drug-likeness (QED) is 0.155. The molecule has 6 aromatic carbocycles. The molecular formula is C41H36N2O2P2. The molecule has 0 N–H and O–H groups in total. The van der Waals surface area contributed by atoms with Gasteiger partial charge in [0.2, 0.25) is 0 Å². The predicted molar refractivity (Wildman–Crippen MR) is 197 cm³/mol. The average Bonchev–Trinajstić information content (AvgIpc) is 3.59. The minimum absolute atomic E-state index is 0.612. The van der Waals surface area contributed by atoms with Gasteiger partial charge in [-0.3, -0.25) is 0 Å². The maximum absolute atomic E-state index is 15.2. The zero-order chi connectivity index (χ0) is 32.1. The number of nitrogens with zero attached hydrogens (tertiary/aromatic N) is 2. The van der Waals surface area contributed by atoms with Crippen molar-refractivity contribution in [2.75, 3.05) is 6.67 Å². The third kappa shape index (κ3) is 6.03. The fourth-order valence-electron chi connectivity index (χ4n) is 6.47. The molecule has 0 amide bonds. The highest BCUT2D eigenvalue weighted by Crippen LogP contribution is 2.44. The monoisotopic (exact) mass is 650 g/mol. The molecule has 6 heteroatoms. The van der Waals surface area contributed by atoms with E-state index in [0.717, 1.165) is 43.0 Å². The normalized spacial score (nSPS) is 13.2. The Bertz CT molecular complexity index is 1850. The Labute approximate surface area is 277 Å². The Morgan fingerprint density at radius 2 is 0.660 bits per heavy atom. The van der Waals surface area contributed by atoms with E-state index in [0.29, 0.717) is 19.8 Å². The van der Waals surface area contributed by atoms with Crippen LogP contribution >= 0.6 is 14.3 Å². The highest BCUT2D eigenvalue weighted by molar-refractivity contribution is 7.85. The summed E-state index contributed by atoms with van der Waals surface area (Å²) in [6, 6.07) is 55.6. The van der Waals surface area contributed by atoms with E-state index < -0.39 is 14.3 Å². The molecule has 0 spiro atoms. The van der Waals surface area contributed by atoms with Crippen molar-refractivity contribution in [1.29, 1.82) is 0 Å². The largest absolute Gasteiger partial charge is 0.354 e. The summed E-state index contributed by atoms with van der Waals surface area (Å²) in [4.78, 5) is 4.49. The summed E-state index contributed by atoms with van der Waals surface area (Å²) in [6.45, 7) is 1.88. The van der Waals surface area contributed by atoms with Crippen molar-refractivity contribution in [2.24, 2.45) is 0 Å². The van der Waals surface area contributed by atoms with Gasteiger partial charge in [0, 0.05) is 57.3 Å². The third-order valence-corrected chi connectivity index (χ3v) is 15.1. The van der Waals surface area contributed by atoms with E-state index in [1.54, 1.807) is 0 Å². The van der Waals surface area contributed by atoms with Crippen LogP contribution in [0.25, 0.3) is 0 Å². The lowest BCUT2D eigenvalue weighted by molar-refractivity contribution is 0.255. The minimum Gasteiger partial charge on any atom is -0.354 e. The van der Waals surface area contributed by atoms with Crippen LogP contribution in [0.3, 0.4) is 0 Å². The van der Waals surface area contributed by atoms with Crippen LogP contribution < -0.4 is 31.8 Å². The van der Waals surface area contributed by atoms with Crippen LogP contribution in [0, 0.1) is 0 Å². The summed E-state index contributed by atoms with van der Waals surface area (Å²) in [5, 5.41) is 5.04. The first-order chi connectivity index (χ1) is 23.1. The lowest BCUT2D eigenvalue weighted by Gasteiger charge is -2.27. The first-order valence-corrected chi connectivity index (χ1v) is 19.2. The molecule has 0 atom stereocenters. The Morgan fingerprint density at radius 1 is 0.383 bits per heavy atom. The fraction of sp³-hybridized carbons (Fsp3) is 0.0732. The van der Waals surface area contributed by atoms with E-state index >= 15 is 9.13 Å². The van der Waals surface area contributed by atoms with Crippen molar-refractivity contribution in [2.45, 2.75) is 13.1 Å². The van der Waals surface area contributed by atoms with Gasteiger partial charge in [-0.2, -0.15) is 0 Å². The molecule has 0 fully saturated rings. The second-order valence-corrected chi connectivity index (χ2v) is 17.2. The van der Waals surface area contributed by atoms with E-state index in [2.05, 4.69) is 34.3 Å². The molecule has 1 aliphatic rings. The van der Waals surface area contributed by atoms with Crippen molar-refractivity contribution in [3.05, 3.63) is 193 Å². The van der Waals surface area contributed by atoms with Crippen LogP contribution in [0.15, 0.2) is 182 Å². The zero-order valence-electron chi connectivity index (χ0n) is 26.0. The zero-order valence-corrected chi connectivity index (χ0v) is 27.8. The van der Waals surface area contributed by atoms with Gasteiger partial charge < -0.3 is 18.9 Å². The van der Waals surface area contributed by atoms with Crippen molar-refractivity contribution < 1.29 is 9.13 Å². The van der Waals surface area contributed by atoms with E-state index in [4.69, 9.17) is 0 Å². The van der Waals surface area contributed by atoms with Crippen LogP contribution in [-0.4, -0.2) is 16.5 Å². The molecular weight excluding hydrogens is 614 g/mol. The van der Waals surface area contributed by atoms with Gasteiger partial charge in [-0.25, -0.2) is 0 Å². The van der Waals surface area contributed by atoms with Crippen LogP contribution in [0.2, 0.25) is 0 Å². The van der Waals surface area contributed by atoms with E-state index in [9.17, 15) is 0 Å². The molecule has 0 aromatic heterocycles. The molecule has 0 radical (unpaired) electrons. The molecule has 0 bridgehead atoms. The fourth-order valence-corrected chi connectivity index (χ4v) is 12.2. The number of benzene rings is 6. The van der Waals surface area contributed by atoms with Crippen molar-refractivity contribution in [3.8, 4) is 0 Å². The molecule has 0 unspecified atom stereocenters. The van der Waals surface area contributed by atoms with Gasteiger partial charge in [-0.1, -0.05) is 170 Å². The van der Waals surface area contributed by atoms with E-state index in [1.165, 1.54) is 0 Å². The molecule has 47 heavy (non-hydrogen) atoms. The maximum atomic E-state index is 15.2. The highest BCUT2D eigenvalue weighted by Gasteiger charge is 2.33. The molecule has 6 aromatic rings. The summed E-state index contributed by atoms with van der Waals surface area (Å²) in [7, 11) is -6.24. The molecule has 7 rings (SSSR count). The SMILES string of the molecule is O=P(c1ccccc1)(c1ccccc1)c1ccccc1CN1C=CN(Cc2ccccc2P(=O)(c2ccccc2)c2ccccc2)C1. The smallest absolute Gasteiger partial charge is 0.171 e. The first-order valence-electron chi connectivity index (χ1n) is 15.8. The third-order valence-electron chi connectivity index (χ3n) is 8.74. The van der Waals surface area contributed by atoms with Crippen LogP contribution in [0.4, 0.5) is 0 Å². The number of rotatable bonds is 10. The first kappa shape index (κ1) is 30.8. The summed E-state index contributed by atoms with van der Waals surface area (Å²) in [6.07, 6.45) is 4.20. The highest BCUT2D eigenvalue weighted by atomic mass is 31.2. The Hall–Kier alpha value is -4.88. The van der Waals surface area contributed by atoms with Gasteiger partial charge in [0.15, 0.2) is 14.3 Å². The van der Waals surface area contributed by atoms with Gasteiger partial charge in [-0.15, -0.1) is 0 Å². The maximum Gasteiger partial charge on any atom is 0.171 e. The van der Waals surface area contributed by atoms with Gasteiger partial charge in [0.1, 0.15) is 0 Å². The van der Waals surface area contributed by atoms with E-state index in [-0.39, 0.29) is 0 Å². The lowest BCUT2D eigenvalue weighted by Crippen LogP contribution is -2.32. The topological polar surface area (TPSA) is 40.6 Å². The molecule has 0 saturated carbocycles. The van der Waals surface area contributed by atoms with Crippen molar-refractivity contribution in [1.82, 2.24) is 9.80 Å². The molecule has 1 aliphatic heterocycles. The Balaban J connectivity index is 1.17. The standard InChI is InChI=1S/C41H36N2O2P2/c44-46(36-19-5-1-6-20-36,37-21-7-2-8-22-37)40-27-15-13-17-34(40)31-42-29-30-43(33-42)32-35-18-14-16-28-41(35)47(45,38-23-9-3-10-24-38)39-25-11-4-12-26-39/h1-30H,31-33H2. The predicted octanol–water partition coefficient (Wildman–Crippen LogP) is 6.71. The summed E-state index contributed by atoms with van der Waals surface area (Å²) < 4.78 is 30.4. The van der Waals surface area contributed by atoms with E-state index in [1.807, 2.05) is 158 Å². The summed E-state index contributed by atoms with van der Waals surface area (Å²) >= 11 is 0. The van der Waals surface area contributed by atoms with Crippen LogP contribution in [0.1, 0.15) is 11.1 Å². The molecule has 0 saturated heterocycles. The second-order valence-electron chi connectivity index (χ2n) is 11.8. The van der Waals surface area contributed by atoms with Crippen molar-refractivity contribution in [3.63, 3.8) is 0 Å². The summed E-state index contributed by atoms with van der Waals surface area (Å²) in [5.74, 6) is 0. The Kier molecular flexibility index (Phi) is 8.81. The van der Waals surface area contributed by atoms with Gasteiger partial charge in [0.25, 0.3) is 0 Å². The minimum atomic E-state index is -3.12. The van der Waals surface area contributed by atoms with Crippen LogP contribution in [0.5, 0.6) is 0 Å². The average molecular weight is 651 g/mol. The van der Waals surface area contributed by atoms with Crippen molar-refractivity contribution >= 4 is 46.1 Å². The molecule has 1 heterocycles. The lowest BCUT2D eigenvalue weighted by atomic mass is 10.2.